The summed E-state index contributed by atoms with van der Waals surface area (Å²) < 4.78 is 0. The van der Waals surface area contributed by atoms with Gasteiger partial charge in [-0.3, -0.25) is 14.4 Å². The molecule has 6 heteroatoms. The normalized spacial score (nSPS) is 16.5. The first-order chi connectivity index (χ1) is 13.5. The monoisotopic (exact) mass is 379 g/mol. The van der Waals surface area contributed by atoms with Crippen LogP contribution >= 0.6 is 0 Å². The molecule has 6 nitrogen and oxygen atoms in total. The molecular weight excluding hydrogens is 354 g/mol. The van der Waals surface area contributed by atoms with Crippen molar-refractivity contribution in [3.63, 3.8) is 0 Å². The van der Waals surface area contributed by atoms with E-state index in [1.807, 2.05) is 24.3 Å². The molecule has 1 aliphatic heterocycles. The standard InChI is InChI=1S/C22H25N3O3/c1-2-3-4-15-7-11-18(12-8-15)25-21(27)14-19(22(25)28)24-17-9-5-16(6-10-17)13-20(23)26/h5-12,19,24H,2-4,13-14H2,1H3,(H2,23,26). The molecule has 0 bridgehead atoms. The zero-order chi connectivity index (χ0) is 20.1. The van der Waals surface area contributed by atoms with E-state index in [-0.39, 0.29) is 24.7 Å². The smallest absolute Gasteiger partial charge is 0.256 e. The van der Waals surface area contributed by atoms with Crippen molar-refractivity contribution in [3.8, 4) is 0 Å². The van der Waals surface area contributed by atoms with E-state index in [0.717, 1.165) is 30.5 Å². The fourth-order valence-electron chi connectivity index (χ4n) is 3.33. The van der Waals surface area contributed by atoms with Gasteiger partial charge in [0, 0.05) is 5.69 Å². The van der Waals surface area contributed by atoms with Crippen molar-refractivity contribution in [2.75, 3.05) is 10.2 Å². The number of anilines is 2. The number of rotatable bonds is 8. The number of nitrogens with two attached hydrogens (primary N) is 1. The molecule has 0 aliphatic carbocycles. The largest absolute Gasteiger partial charge is 0.373 e. The van der Waals surface area contributed by atoms with Crippen LogP contribution in [-0.2, 0) is 27.2 Å². The van der Waals surface area contributed by atoms with Crippen molar-refractivity contribution in [3.05, 3.63) is 59.7 Å². The van der Waals surface area contributed by atoms with Gasteiger partial charge in [-0.25, -0.2) is 4.90 Å². The summed E-state index contributed by atoms with van der Waals surface area (Å²) in [4.78, 5) is 37.4. The maximum Gasteiger partial charge on any atom is 0.256 e. The third-order valence-electron chi connectivity index (χ3n) is 4.83. The molecule has 1 heterocycles. The zero-order valence-electron chi connectivity index (χ0n) is 16.0. The summed E-state index contributed by atoms with van der Waals surface area (Å²) in [5.41, 5.74) is 8.52. The predicted molar refractivity (Wildman–Crippen MR) is 109 cm³/mol. The Balaban J connectivity index is 1.67. The summed E-state index contributed by atoms with van der Waals surface area (Å²) in [6.45, 7) is 2.15. The molecule has 1 aliphatic rings. The molecule has 28 heavy (non-hydrogen) atoms. The van der Waals surface area contributed by atoms with E-state index in [2.05, 4.69) is 12.2 Å². The van der Waals surface area contributed by atoms with Crippen LogP contribution in [-0.4, -0.2) is 23.8 Å². The summed E-state index contributed by atoms with van der Waals surface area (Å²) in [7, 11) is 0. The summed E-state index contributed by atoms with van der Waals surface area (Å²) in [5, 5.41) is 3.11. The van der Waals surface area contributed by atoms with Crippen LogP contribution in [0.5, 0.6) is 0 Å². The van der Waals surface area contributed by atoms with Gasteiger partial charge in [0.25, 0.3) is 5.91 Å². The van der Waals surface area contributed by atoms with Gasteiger partial charge in [-0.1, -0.05) is 37.6 Å². The van der Waals surface area contributed by atoms with Gasteiger partial charge in [0.15, 0.2) is 0 Å². The van der Waals surface area contributed by atoms with E-state index in [1.165, 1.54) is 10.5 Å². The number of hydrogen-bond donors (Lipinski definition) is 2. The van der Waals surface area contributed by atoms with Gasteiger partial charge in [0.1, 0.15) is 6.04 Å². The zero-order valence-corrected chi connectivity index (χ0v) is 16.0. The van der Waals surface area contributed by atoms with Crippen molar-refractivity contribution >= 4 is 29.1 Å². The van der Waals surface area contributed by atoms with Crippen LogP contribution in [0.2, 0.25) is 0 Å². The molecule has 1 atom stereocenters. The van der Waals surface area contributed by atoms with Crippen LogP contribution in [0.1, 0.15) is 37.3 Å². The van der Waals surface area contributed by atoms with E-state index in [0.29, 0.717) is 5.69 Å². The van der Waals surface area contributed by atoms with Crippen molar-refractivity contribution in [1.29, 1.82) is 0 Å². The molecule has 1 saturated heterocycles. The Morgan fingerprint density at radius 1 is 1.07 bits per heavy atom. The Hall–Kier alpha value is -3.15. The van der Waals surface area contributed by atoms with Crippen molar-refractivity contribution in [2.24, 2.45) is 5.73 Å². The average molecular weight is 379 g/mol. The molecular formula is C22H25N3O3. The number of hydrogen-bond acceptors (Lipinski definition) is 4. The lowest BCUT2D eigenvalue weighted by Crippen LogP contribution is -2.34. The molecule has 146 valence electrons. The molecule has 3 N–H and O–H groups in total. The second-order valence-corrected chi connectivity index (χ2v) is 7.08. The molecule has 1 unspecified atom stereocenters. The highest BCUT2D eigenvalue weighted by molar-refractivity contribution is 6.23. The highest BCUT2D eigenvalue weighted by atomic mass is 16.2. The number of carbonyl (C=O) groups is 3. The molecule has 0 radical (unpaired) electrons. The molecule has 3 rings (SSSR count). The van der Waals surface area contributed by atoms with Crippen LogP contribution in [0.4, 0.5) is 11.4 Å². The number of benzene rings is 2. The first-order valence-electron chi connectivity index (χ1n) is 9.57. The fourth-order valence-corrected chi connectivity index (χ4v) is 3.33. The first kappa shape index (κ1) is 19.6. The predicted octanol–water partition coefficient (Wildman–Crippen LogP) is 2.80. The Labute approximate surface area is 164 Å². The van der Waals surface area contributed by atoms with Gasteiger partial charge >= 0.3 is 0 Å². The molecule has 2 aromatic rings. The molecule has 1 fully saturated rings. The number of aryl methyl sites for hydroxylation is 1. The van der Waals surface area contributed by atoms with Gasteiger partial charge in [-0.2, -0.15) is 0 Å². The molecule has 0 aromatic heterocycles. The lowest BCUT2D eigenvalue weighted by atomic mass is 10.1. The highest BCUT2D eigenvalue weighted by Gasteiger charge is 2.39. The summed E-state index contributed by atoms with van der Waals surface area (Å²) >= 11 is 0. The number of amides is 3. The van der Waals surface area contributed by atoms with E-state index < -0.39 is 11.9 Å². The second kappa shape index (κ2) is 8.69. The SMILES string of the molecule is CCCCc1ccc(N2C(=O)CC(Nc3ccc(CC(N)=O)cc3)C2=O)cc1. The molecule has 3 amide bonds. The summed E-state index contributed by atoms with van der Waals surface area (Å²) in [5.74, 6) is -0.865. The summed E-state index contributed by atoms with van der Waals surface area (Å²) in [6, 6.07) is 14.1. The average Bonchev–Trinajstić information content (AvgIpc) is 2.95. The number of carbonyl (C=O) groups excluding carboxylic acids is 3. The highest BCUT2D eigenvalue weighted by Crippen LogP contribution is 2.25. The first-order valence-corrected chi connectivity index (χ1v) is 9.57. The Morgan fingerprint density at radius 2 is 1.71 bits per heavy atom. The number of imide groups is 1. The third-order valence-corrected chi connectivity index (χ3v) is 4.83. The number of primary amides is 1. The van der Waals surface area contributed by atoms with Crippen molar-refractivity contribution in [2.45, 2.75) is 45.1 Å². The van der Waals surface area contributed by atoms with E-state index in [9.17, 15) is 14.4 Å². The maximum absolute atomic E-state index is 12.8. The van der Waals surface area contributed by atoms with Crippen LogP contribution < -0.4 is 16.0 Å². The molecule has 0 saturated carbocycles. The van der Waals surface area contributed by atoms with E-state index in [1.54, 1.807) is 24.3 Å². The van der Waals surface area contributed by atoms with Crippen LogP contribution in [0.25, 0.3) is 0 Å². The van der Waals surface area contributed by atoms with Crippen LogP contribution in [0, 0.1) is 0 Å². The number of unbranched alkanes of at least 4 members (excludes halogenated alkanes) is 1. The van der Waals surface area contributed by atoms with Gasteiger partial charge < -0.3 is 11.1 Å². The van der Waals surface area contributed by atoms with Gasteiger partial charge in [0.2, 0.25) is 11.8 Å². The van der Waals surface area contributed by atoms with Gasteiger partial charge in [-0.05, 0) is 48.2 Å². The quantitative estimate of drug-likeness (QED) is 0.690. The Morgan fingerprint density at radius 3 is 2.32 bits per heavy atom. The van der Waals surface area contributed by atoms with Crippen LogP contribution in [0.3, 0.4) is 0 Å². The Bertz CT molecular complexity index is 860. The topological polar surface area (TPSA) is 92.5 Å². The minimum absolute atomic E-state index is 0.111. The van der Waals surface area contributed by atoms with Gasteiger partial charge in [-0.15, -0.1) is 0 Å². The van der Waals surface area contributed by atoms with E-state index in [4.69, 9.17) is 5.73 Å². The van der Waals surface area contributed by atoms with Crippen molar-refractivity contribution in [1.82, 2.24) is 0 Å². The maximum atomic E-state index is 12.8. The van der Waals surface area contributed by atoms with Crippen LogP contribution in [0.15, 0.2) is 48.5 Å². The second-order valence-electron chi connectivity index (χ2n) is 7.08. The molecule has 2 aromatic carbocycles. The lowest BCUT2D eigenvalue weighted by molar-refractivity contribution is -0.121. The number of nitrogens with zero attached hydrogens (tertiary/aromatic N) is 1. The van der Waals surface area contributed by atoms with E-state index >= 15 is 0 Å². The molecule has 0 spiro atoms. The summed E-state index contributed by atoms with van der Waals surface area (Å²) in [6.07, 6.45) is 3.52. The fraction of sp³-hybridized carbons (Fsp3) is 0.318. The third kappa shape index (κ3) is 4.57. The number of nitrogens with one attached hydrogen (secondary N) is 1. The minimum Gasteiger partial charge on any atom is -0.373 e. The minimum atomic E-state index is -0.603. The van der Waals surface area contributed by atoms with Crippen molar-refractivity contribution < 1.29 is 14.4 Å². The Kier molecular flexibility index (Phi) is 6.09. The lowest BCUT2D eigenvalue weighted by Gasteiger charge is -2.16. The van der Waals surface area contributed by atoms with Gasteiger partial charge in [0.05, 0.1) is 18.5 Å².